The molecule has 0 saturated heterocycles. The molecule has 0 saturated carbocycles. The summed E-state index contributed by atoms with van der Waals surface area (Å²) in [6.07, 6.45) is 1.61. The van der Waals surface area contributed by atoms with Gasteiger partial charge in [-0.25, -0.2) is 4.98 Å². The maximum absolute atomic E-state index is 12.5. The number of nitrogens with one attached hydrogen (secondary N) is 1. The van der Waals surface area contributed by atoms with Gasteiger partial charge in [-0.1, -0.05) is 12.1 Å². The van der Waals surface area contributed by atoms with Crippen molar-refractivity contribution < 1.29 is 13.9 Å². The summed E-state index contributed by atoms with van der Waals surface area (Å²) in [4.78, 5) is 28.8. The minimum absolute atomic E-state index is 0.132. The Morgan fingerprint density at radius 1 is 1.27 bits per heavy atom. The third-order valence-electron chi connectivity index (χ3n) is 4.38. The molecule has 26 heavy (non-hydrogen) atoms. The number of amides is 1. The predicted octanol–water partition coefficient (Wildman–Crippen LogP) is 2.32. The molecule has 7 nitrogen and oxygen atoms in total. The first-order chi connectivity index (χ1) is 12.5. The molecule has 1 N–H and O–H groups in total. The van der Waals surface area contributed by atoms with Crippen LogP contribution in [-0.4, -0.2) is 22.6 Å². The fraction of sp³-hybridized carbons (Fsp3) is 0.316. The molecule has 0 aliphatic carbocycles. The summed E-state index contributed by atoms with van der Waals surface area (Å²) in [6, 6.07) is 7.48. The maximum Gasteiger partial charge on any atom is 0.264 e. The van der Waals surface area contributed by atoms with E-state index in [1.807, 2.05) is 31.2 Å². The molecule has 3 rings (SSSR count). The molecule has 2 heterocycles. The molecule has 136 valence electrons. The van der Waals surface area contributed by atoms with Gasteiger partial charge in [0.1, 0.15) is 23.2 Å². The molecule has 0 spiro atoms. The lowest BCUT2D eigenvalue weighted by Gasteiger charge is -2.08. The van der Waals surface area contributed by atoms with Gasteiger partial charge in [0.15, 0.2) is 0 Å². The van der Waals surface area contributed by atoms with Gasteiger partial charge in [0.2, 0.25) is 11.6 Å². The van der Waals surface area contributed by atoms with Crippen LogP contribution in [0.3, 0.4) is 0 Å². The van der Waals surface area contributed by atoms with E-state index in [0.29, 0.717) is 23.4 Å². The number of ether oxygens (including phenoxy) is 1. The van der Waals surface area contributed by atoms with Gasteiger partial charge < -0.3 is 14.5 Å². The van der Waals surface area contributed by atoms with E-state index in [0.717, 1.165) is 16.9 Å². The topological polar surface area (TPSA) is 86.4 Å². The van der Waals surface area contributed by atoms with Crippen LogP contribution in [0, 0.1) is 13.8 Å². The Morgan fingerprint density at radius 2 is 2.00 bits per heavy atom. The SMILES string of the molecule is COc1ccc(CNC(=O)CCn2cnc3oc(C)c(C)c3c2=O)cc1. The number of rotatable bonds is 6. The van der Waals surface area contributed by atoms with Crippen LogP contribution in [0.2, 0.25) is 0 Å². The quantitative estimate of drug-likeness (QED) is 0.733. The zero-order valence-electron chi connectivity index (χ0n) is 15.0. The first-order valence-electron chi connectivity index (χ1n) is 8.34. The summed E-state index contributed by atoms with van der Waals surface area (Å²) in [5, 5.41) is 3.32. The highest BCUT2D eigenvalue weighted by molar-refractivity contribution is 5.77. The minimum Gasteiger partial charge on any atom is -0.497 e. The van der Waals surface area contributed by atoms with Crippen molar-refractivity contribution >= 4 is 17.0 Å². The van der Waals surface area contributed by atoms with Crippen molar-refractivity contribution in [2.75, 3.05) is 7.11 Å². The van der Waals surface area contributed by atoms with Crippen LogP contribution in [0.4, 0.5) is 0 Å². The highest BCUT2D eigenvalue weighted by Crippen LogP contribution is 2.19. The normalized spacial score (nSPS) is 10.9. The summed E-state index contributed by atoms with van der Waals surface area (Å²) in [7, 11) is 1.61. The second-order valence-corrected chi connectivity index (χ2v) is 6.08. The molecule has 0 atom stereocenters. The number of benzene rings is 1. The average molecular weight is 355 g/mol. The van der Waals surface area contributed by atoms with Gasteiger partial charge in [-0.3, -0.25) is 14.2 Å². The number of hydrogen-bond acceptors (Lipinski definition) is 5. The molecular weight excluding hydrogens is 334 g/mol. The summed E-state index contributed by atoms with van der Waals surface area (Å²) in [5.41, 5.74) is 1.91. The Bertz CT molecular complexity index is 986. The fourth-order valence-electron chi connectivity index (χ4n) is 2.68. The van der Waals surface area contributed by atoms with Crippen molar-refractivity contribution in [1.29, 1.82) is 0 Å². The molecule has 2 aromatic heterocycles. The smallest absolute Gasteiger partial charge is 0.264 e. The van der Waals surface area contributed by atoms with E-state index >= 15 is 0 Å². The number of hydrogen-bond donors (Lipinski definition) is 1. The Hall–Kier alpha value is -3.09. The summed E-state index contributed by atoms with van der Waals surface area (Å²) in [6.45, 7) is 4.32. The van der Waals surface area contributed by atoms with Gasteiger partial charge in [-0.05, 0) is 31.5 Å². The molecule has 0 aliphatic rings. The van der Waals surface area contributed by atoms with E-state index in [1.165, 1.54) is 10.9 Å². The molecular formula is C19H21N3O4. The van der Waals surface area contributed by atoms with Crippen molar-refractivity contribution in [2.45, 2.75) is 33.4 Å². The maximum atomic E-state index is 12.5. The Labute approximate surface area is 150 Å². The molecule has 1 amide bonds. The second kappa shape index (κ2) is 7.43. The number of furan rings is 1. The van der Waals surface area contributed by atoms with Gasteiger partial charge in [0.25, 0.3) is 5.56 Å². The zero-order chi connectivity index (χ0) is 18.7. The third kappa shape index (κ3) is 3.61. The molecule has 0 bridgehead atoms. The number of methoxy groups -OCH3 is 1. The van der Waals surface area contributed by atoms with Crippen LogP contribution in [0.25, 0.3) is 11.1 Å². The number of carbonyl (C=O) groups is 1. The van der Waals surface area contributed by atoms with Crippen molar-refractivity contribution in [3.8, 4) is 5.75 Å². The predicted molar refractivity (Wildman–Crippen MR) is 97.2 cm³/mol. The standard InChI is InChI=1S/C19H21N3O4/c1-12-13(2)26-18-17(12)19(24)22(11-21-18)9-8-16(23)20-10-14-4-6-15(25-3)7-5-14/h4-7,11H,8-10H2,1-3H3,(H,20,23). The van der Waals surface area contributed by atoms with E-state index in [-0.39, 0.29) is 24.4 Å². The van der Waals surface area contributed by atoms with Gasteiger partial charge in [0.05, 0.1) is 7.11 Å². The number of aryl methyl sites for hydroxylation is 3. The summed E-state index contributed by atoms with van der Waals surface area (Å²) >= 11 is 0. The van der Waals surface area contributed by atoms with Crippen molar-refractivity contribution in [3.05, 3.63) is 57.8 Å². The molecule has 0 radical (unpaired) electrons. The van der Waals surface area contributed by atoms with Gasteiger partial charge >= 0.3 is 0 Å². The number of fused-ring (bicyclic) bond motifs is 1. The van der Waals surface area contributed by atoms with E-state index in [4.69, 9.17) is 9.15 Å². The Kier molecular flexibility index (Phi) is 5.06. The molecule has 1 aromatic carbocycles. The summed E-state index contributed by atoms with van der Waals surface area (Å²) < 4.78 is 12.0. The molecule has 0 aliphatic heterocycles. The number of carbonyl (C=O) groups excluding carboxylic acids is 1. The molecule has 3 aromatic rings. The van der Waals surface area contributed by atoms with Crippen LogP contribution in [0.1, 0.15) is 23.3 Å². The average Bonchev–Trinajstić information content (AvgIpc) is 2.94. The lowest BCUT2D eigenvalue weighted by Crippen LogP contribution is -2.27. The van der Waals surface area contributed by atoms with E-state index in [1.54, 1.807) is 14.0 Å². The van der Waals surface area contributed by atoms with Crippen LogP contribution < -0.4 is 15.6 Å². The molecule has 0 unspecified atom stereocenters. The molecule has 7 heteroatoms. The minimum atomic E-state index is -0.188. The van der Waals surface area contributed by atoms with Crippen LogP contribution in [0.15, 0.2) is 39.8 Å². The Balaban J connectivity index is 1.60. The van der Waals surface area contributed by atoms with E-state index < -0.39 is 0 Å². The highest BCUT2D eigenvalue weighted by Gasteiger charge is 2.14. The number of nitrogens with zero attached hydrogens (tertiary/aromatic N) is 2. The van der Waals surface area contributed by atoms with Gasteiger partial charge in [-0.15, -0.1) is 0 Å². The fourth-order valence-corrected chi connectivity index (χ4v) is 2.68. The largest absolute Gasteiger partial charge is 0.497 e. The molecule has 0 fully saturated rings. The summed E-state index contributed by atoms with van der Waals surface area (Å²) in [5.74, 6) is 1.32. The van der Waals surface area contributed by atoms with Crippen molar-refractivity contribution in [3.63, 3.8) is 0 Å². The van der Waals surface area contributed by atoms with E-state index in [9.17, 15) is 9.59 Å². The van der Waals surface area contributed by atoms with Crippen LogP contribution >= 0.6 is 0 Å². The monoisotopic (exact) mass is 355 g/mol. The van der Waals surface area contributed by atoms with Crippen molar-refractivity contribution in [2.24, 2.45) is 0 Å². The van der Waals surface area contributed by atoms with Crippen LogP contribution in [0.5, 0.6) is 5.75 Å². The van der Waals surface area contributed by atoms with Gasteiger partial charge in [-0.2, -0.15) is 0 Å². The van der Waals surface area contributed by atoms with E-state index in [2.05, 4.69) is 10.3 Å². The second-order valence-electron chi connectivity index (χ2n) is 6.08. The first kappa shape index (κ1) is 17.7. The number of aromatic nitrogens is 2. The third-order valence-corrected chi connectivity index (χ3v) is 4.38. The lowest BCUT2D eigenvalue weighted by molar-refractivity contribution is -0.121. The lowest BCUT2D eigenvalue weighted by atomic mass is 10.2. The van der Waals surface area contributed by atoms with Gasteiger partial charge in [0, 0.05) is 25.1 Å². The Morgan fingerprint density at radius 3 is 2.69 bits per heavy atom. The first-order valence-corrected chi connectivity index (χ1v) is 8.34. The van der Waals surface area contributed by atoms with Crippen molar-refractivity contribution in [1.82, 2.24) is 14.9 Å². The van der Waals surface area contributed by atoms with Crippen LogP contribution in [-0.2, 0) is 17.9 Å². The highest BCUT2D eigenvalue weighted by atomic mass is 16.5. The zero-order valence-corrected chi connectivity index (χ0v) is 15.0.